The Kier molecular flexibility index (Phi) is 6.02. The minimum absolute atomic E-state index is 0.00252. The summed E-state index contributed by atoms with van der Waals surface area (Å²) in [6, 6.07) is 7.58. The van der Waals surface area contributed by atoms with Gasteiger partial charge in [0.2, 0.25) is 11.8 Å². The lowest BCUT2D eigenvalue weighted by atomic mass is 10.2. The molecule has 1 aliphatic carbocycles. The Morgan fingerprint density at radius 1 is 1.26 bits per heavy atom. The van der Waals surface area contributed by atoms with Gasteiger partial charge in [-0.15, -0.1) is 0 Å². The quantitative estimate of drug-likeness (QED) is 0.877. The molecule has 0 radical (unpaired) electrons. The van der Waals surface area contributed by atoms with Crippen LogP contribution in [0.15, 0.2) is 24.3 Å². The van der Waals surface area contributed by atoms with Crippen LogP contribution in [0.5, 0.6) is 5.75 Å². The Hall–Kier alpha value is -2.04. The molecule has 1 aliphatic rings. The van der Waals surface area contributed by atoms with Crippen molar-refractivity contribution in [2.45, 2.75) is 58.6 Å². The highest BCUT2D eigenvalue weighted by molar-refractivity contribution is 5.98. The average Bonchev–Trinajstić information content (AvgIpc) is 2.97. The number of carbonyl (C=O) groups excluding carboxylic acids is 2. The first-order valence-corrected chi connectivity index (χ1v) is 8.30. The van der Waals surface area contributed by atoms with Crippen LogP contribution in [0.3, 0.4) is 0 Å². The Labute approximate surface area is 138 Å². The Morgan fingerprint density at radius 2 is 1.91 bits per heavy atom. The van der Waals surface area contributed by atoms with E-state index in [0.717, 1.165) is 25.7 Å². The van der Waals surface area contributed by atoms with Crippen molar-refractivity contribution in [2.75, 3.05) is 11.4 Å². The van der Waals surface area contributed by atoms with E-state index in [-0.39, 0.29) is 30.5 Å². The molecule has 0 saturated heterocycles. The molecule has 0 atom stereocenters. The number of hydrogen-bond acceptors (Lipinski definition) is 3. The van der Waals surface area contributed by atoms with Gasteiger partial charge < -0.3 is 10.1 Å². The fourth-order valence-corrected chi connectivity index (χ4v) is 2.89. The molecule has 1 saturated carbocycles. The molecule has 0 aromatic heterocycles. The van der Waals surface area contributed by atoms with Crippen LogP contribution in [0, 0.1) is 0 Å². The van der Waals surface area contributed by atoms with Gasteiger partial charge in [0, 0.05) is 13.0 Å². The van der Waals surface area contributed by atoms with Crippen LogP contribution in [0.25, 0.3) is 0 Å². The molecule has 0 unspecified atom stereocenters. The lowest BCUT2D eigenvalue weighted by Gasteiger charge is -2.25. The molecule has 0 bridgehead atoms. The molecular weight excluding hydrogens is 292 g/mol. The van der Waals surface area contributed by atoms with Crippen molar-refractivity contribution in [3.8, 4) is 5.75 Å². The number of nitrogens with zero attached hydrogens (tertiary/aromatic N) is 1. The van der Waals surface area contributed by atoms with Crippen molar-refractivity contribution in [1.82, 2.24) is 5.32 Å². The van der Waals surface area contributed by atoms with Gasteiger partial charge in [0.05, 0.1) is 11.8 Å². The van der Waals surface area contributed by atoms with Crippen molar-refractivity contribution < 1.29 is 14.3 Å². The summed E-state index contributed by atoms with van der Waals surface area (Å²) in [5.74, 6) is 0.323. The molecule has 5 heteroatoms. The molecule has 1 aromatic carbocycles. The summed E-state index contributed by atoms with van der Waals surface area (Å²) >= 11 is 0. The summed E-state index contributed by atoms with van der Waals surface area (Å²) in [7, 11) is 0. The zero-order chi connectivity index (χ0) is 16.8. The normalized spacial score (nSPS) is 14.8. The van der Waals surface area contributed by atoms with Crippen molar-refractivity contribution in [3.63, 3.8) is 0 Å². The van der Waals surface area contributed by atoms with E-state index in [1.807, 2.05) is 38.1 Å². The first-order valence-electron chi connectivity index (χ1n) is 8.30. The smallest absolute Gasteiger partial charge is 0.240 e. The first-order chi connectivity index (χ1) is 11.0. The van der Waals surface area contributed by atoms with Gasteiger partial charge in [0.1, 0.15) is 12.3 Å². The maximum atomic E-state index is 12.3. The predicted molar refractivity (Wildman–Crippen MR) is 90.6 cm³/mol. The second-order valence-corrected chi connectivity index (χ2v) is 6.29. The number of nitrogens with one attached hydrogen (secondary N) is 1. The van der Waals surface area contributed by atoms with Gasteiger partial charge in [-0.25, -0.2) is 0 Å². The first kappa shape index (κ1) is 17.3. The average molecular weight is 318 g/mol. The van der Waals surface area contributed by atoms with E-state index in [0.29, 0.717) is 11.4 Å². The predicted octanol–water partition coefficient (Wildman–Crippen LogP) is 2.89. The molecule has 23 heavy (non-hydrogen) atoms. The van der Waals surface area contributed by atoms with Crippen LogP contribution in [0.1, 0.15) is 46.5 Å². The molecular formula is C18H26N2O3. The third-order valence-electron chi connectivity index (χ3n) is 3.92. The Bertz CT molecular complexity index is 551. The van der Waals surface area contributed by atoms with Gasteiger partial charge in [0.25, 0.3) is 0 Å². The molecule has 1 fully saturated rings. The van der Waals surface area contributed by atoms with Gasteiger partial charge in [-0.1, -0.05) is 25.0 Å². The monoisotopic (exact) mass is 318 g/mol. The number of amides is 2. The molecule has 0 aliphatic heterocycles. The third kappa shape index (κ3) is 4.98. The summed E-state index contributed by atoms with van der Waals surface area (Å²) in [4.78, 5) is 25.8. The van der Waals surface area contributed by atoms with Gasteiger partial charge >= 0.3 is 0 Å². The van der Waals surface area contributed by atoms with E-state index >= 15 is 0 Å². The third-order valence-corrected chi connectivity index (χ3v) is 3.92. The maximum absolute atomic E-state index is 12.3. The van der Waals surface area contributed by atoms with Gasteiger partial charge in [-0.3, -0.25) is 14.5 Å². The summed E-state index contributed by atoms with van der Waals surface area (Å²) in [6.07, 6.45) is 4.37. The molecule has 0 spiro atoms. The number of anilines is 1. The van der Waals surface area contributed by atoms with Crippen LogP contribution in [0.4, 0.5) is 5.69 Å². The number of rotatable bonds is 6. The summed E-state index contributed by atoms with van der Waals surface area (Å²) in [5, 5.41) is 3.02. The van der Waals surface area contributed by atoms with Crippen molar-refractivity contribution >= 4 is 17.5 Å². The van der Waals surface area contributed by atoms with E-state index in [2.05, 4.69) is 5.32 Å². The lowest BCUT2D eigenvalue weighted by Crippen LogP contribution is -2.43. The minimum Gasteiger partial charge on any atom is -0.489 e. The summed E-state index contributed by atoms with van der Waals surface area (Å²) in [6.45, 7) is 5.35. The van der Waals surface area contributed by atoms with Gasteiger partial charge in [-0.05, 0) is 38.8 Å². The van der Waals surface area contributed by atoms with Crippen molar-refractivity contribution in [1.29, 1.82) is 0 Å². The lowest BCUT2D eigenvalue weighted by molar-refractivity contribution is -0.123. The molecule has 2 amide bonds. The zero-order valence-electron chi connectivity index (χ0n) is 14.2. The largest absolute Gasteiger partial charge is 0.489 e. The van der Waals surface area contributed by atoms with Crippen molar-refractivity contribution in [2.24, 2.45) is 0 Å². The highest BCUT2D eigenvalue weighted by atomic mass is 16.5. The van der Waals surface area contributed by atoms with Crippen LogP contribution in [-0.2, 0) is 9.59 Å². The second-order valence-electron chi connectivity index (χ2n) is 6.29. The van der Waals surface area contributed by atoms with Gasteiger partial charge in [-0.2, -0.15) is 0 Å². The molecule has 2 rings (SSSR count). The molecule has 1 aromatic rings. The van der Waals surface area contributed by atoms with E-state index in [4.69, 9.17) is 4.74 Å². The molecule has 0 heterocycles. The highest BCUT2D eigenvalue weighted by Crippen LogP contribution is 2.29. The zero-order valence-corrected chi connectivity index (χ0v) is 14.2. The standard InChI is InChI=1S/C18H26N2O3/c1-13(2)23-17-11-7-6-10-16(17)20(14(3)21)12-18(22)19-15-8-4-5-9-15/h6-7,10-11,13,15H,4-5,8-9,12H2,1-3H3,(H,19,22). The maximum Gasteiger partial charge on any atom is 0.240 e. The van der Waals surface area contributed by atoms with E-state index in [1.165, 1.54) is 11.8 Å². The van der Waals surface area contributed by atoms with Crippen molar-refractivity contribution in [3.05, 3.63) is 24.3 Å². The SMILES string of the molecule is CC(=O)N(CC(=O)NC1CCCC1)c1ccccc1OC(C)C. The van der Waals surface area contributed by atoms with E-state index < -0.39 is 0 Å². The minimum atomic E-state index is -0.175. The fourth-order valence-electron chi connectivity index (χ4n) is 2.89. The van der Waals surface area contributed by atoms with Crippen LogP contribution in [0.2, 0.25) is 0 Å². The summed E-state index contributed by atoms with van der Waals surface area (Å²) in [5.41, 5.74) is 0.635. The highest BCUT2D eigenvalue weighted by Gasteiger charge is 2.22. The second kappa shape index (κ2) is 7.99. The van der Waals surface area contributed by atoms with E-state index in [9.17, 15) is 9.59 Å². The van der Waals surface area contributed by atoms with Crippen LogP contribution in [-0.4, -0.2) is 30.5 Å². The van der Waals surface area contributed by atoms with Crippen LogP contribution < -0.4 is 15.0 Å². The summed E-state index contributed by atoms with van der Waals surface area (Å²) < 4.78 is 5.77. The molecule has 1 N–H and O–H groups in total. The van der Waals surface area contributed by atoms with Gasteiger partial charge in [0.15, 0.2) is 0 Å². The van der Waals surface area contributed by atoms with Crippen LogP contribution >= 0.6 is 0 Å². The number of benzene rings is 1. The Balaban J connectivity index is 2.11. The Morgan fingerprint density at radius 3 is 2.52 bits per heavy atom. The molecule has 5 nitrogen and oxygen atoms in total. The number of hydrogen-bond donors (Lipinski definition) is 1. The number of ether oxygens (including phenoxy) is 1. The number of para-hydroxylation sites is 2. The topological polar surface area (TPSA) is 58.6 Å². The molecule has 126 valence electrons. The van der Waals surface area contributed by atoms with E-state index in [1.54, 1.807) is 0 Å². The number of carbonyl (C=O) groups is 2. The fraction of sp³-hybridized carbons (Fsp3) is 0.556.